The fourth-order valence-corrected chi connectivity index (χ4v) is 2.77. The first-order chi connectivity index (χ1) is 10.4. The van der Waals surface area contributed by atoms with Crippen molar-refractivity contribution in [3.63, 3.8) is 0 Å². The van der Waals surface area contributed by atoms with Gasteiger partial charge in [-0.2, -0.15) is 5.10 Å². The average molecular weight is 387 g/mol. The van der Waals surface area contributed by atoms with Gasteiger partial charge in [0, 0.05) is 22.8 Å². The number of benzene rings is 1. The largest absolute Gasteiger partial charge is 0.482 e. The van der Waals surface area contributed by atoms with Gasteiger partial charge in [0.2, 0.25) is 0 Å². The third-order valence-corrected chi connectivity index (χ3v) is 4.16. The zero-order valence-electron chi connectivity index (χ0n) is 12.6. The van der Waals surface area contributed by atoms with E-state index in [4.69, 9.17) is 16.3 Å². The van der Waals surface area contributed by atoms with Crippen LogP contribution in [0.25, 0.3) is 0 Å². The van der Waals surface area contributed by atoms with E-state index in [1.54, 1.807) is 29.1 Å². The van der Waals surface area contributed by atoms with E-state index in [0.717, 1.165) is 15.7 Å². The minimum Gasteiger partial charge on any atom is -0.482 e. The lowest BCUT2D eigenvalue weighted by Gasteiger charge is -2.14. The van der Waals surface area contributed by atoms with Crippen LogP contribution in [0.3, 0.4) is 0 Å². The van der Waals surface area contributed by atoms with Gasteiger partial charge in [-0.15, -0.1) is 0 Å². The van der Waals surface area contributed by atoms with Gasteiger partial charge >= 0.3 is 0 Å². The molecule has 0 fully saturated rings. The minimum absolute atomic E-state index is 0.0923. The van der Waals surface area contributed by atoms with Gasteiger partial charge in [0.1, 0.15) is 5.75 Å². The predicted molar refractivity (Wildman–Crippen MR) is 89.1 cm³/mol. The van der Waals surface area contributed by atoms with Crippen LogP contribution < -0.4 is 10.1 Å². The van der Waals surface area contributed by atoms with Crippen LogP contribution in [0, 0.1) is 6.92 Å². The summed E-state index contributed by atoms with van der Waals surface area (Å²) in [5.74, 6) is 0.264. The zero-order valence-corrected chi connectivity index (χ0v) is 14.9. The summed E-state index contributed by atoms with van der Waals surface area (Å²) in [5.41, 5.74) is 2.00. The minimum atomic E-state index is -0.213. The second kappa shape index (κ2) is 7.15. The van der Waals surface area contributed by atoms with Crippen molar-refractivity contribution in [3.8, 4) is 5.75 Å². The van der Waals surface area contributed by atoms with E-state index in [9.17, 15) is 4.79 Å². The second-order valence-corrected chi connectivity index (χ2v) is 6.28. The van der Waals surface area contributed by atoms with E-state index in [1.165, 1.54) is 0 Å². The molecule has 1 unspecified atom stereocenters. The van der Waals surface area contributed by atoms with Gasteiger partial charge in [-0.05, 0) is 32.0 Å². The van der Waals surface area contributed by atoms with Crippen LogP contribution in [-0.4, -0.2) is 22.3 Å². The fraction of sp³-hybridized carbons (Fsp3) is 0.333. The Morgan fingerprint density at radius 1 is 1.55 bits per heavy atom. The lowest BCUT2D eigenvalue weighted by Crippen LogP contribution is -2.31. The van der Waals surface area contributed by atoms with Crippen molar-refractivity contribution in [3.05, 3.63) is 45.1 Å². The Bertz CT molecular complexity index is 687. The molecular weight excluding hydrogens is 370 g/mol. The van der Waals surface area contributed by atoms with Crippen molar-refractivity contribution >= 4 is 33.4 Å². The number of carbonyl (C=O) groups excluding carboxylic acids is 1. The highest BCUT2D eigenvalue weighted by Crippen LogP contribution is 2.27. The first kappa shape index (κ1) is 16.8. The van der Waals surface area contributed by atoms with Crippen LogP contribution in [0.4, 0.5) is 0 Å². The van der Waals surface area contributed by atoms with E-state index in [-0.39, 0.29) is 18.6 Å². The van der Waals surface area contributed by atoms with Gasteiger partial charge in [-0.1, -0.05) is 27.5 Å². The van der Waals surface area contributed by atoms with E-state index in [0.29, 0.717) is 10.8 Å². The number of aryl methyl sites for hydroxylation is 1. The molecule has 0 saturated carbocycles. The number of carbonyl (C=O) groups is 1. The molecule has 0 spiro atoms. The molecule has 0 saturated heterocycles. The van der Waals surface area contributed by atoms with Crippen LogP contribution in [0.15, 0.2) is 28.9 Å². The Morgan fingerprint density at radius 3 is 2.86 bits per heavy atom. The molecule has 2 rings (SSSR count). The topological polar surface area (TPSA) is 56.1 Å². The highest BCUT2D eigenvalue weighted by Gasteiger charge is 2.15. The summed E-state index contributed by atoms with van der Waals surface area (Å²) >= 11 is 9.36. The van der Waals surface area contributed by atoms with E-state index in [1.807, 2.05) is 20.9 Å². The molecule has 1 aromatic heterocycles. The van der Waals surface area contributed by atoms with Gasteiger partial charge < -0.3 is 10.1 Å². The number of amides is 1. The predicted octanol–water partition coefficient (Wildman–Crippen LogP) is 3.40. The van der Waals surface area contributed by atoms with Crippen molar-refractivity contribution in [1.29, 1.82) is 0 Å². The summed E-state index contributed by atoms with van der Waals surface area (Å²) in [6, 6.07) is 5.11. The number of hydrogen-bond acceptors (Lipinski definition) is 3. The van der Waals surface area contributed by atoms with Crippen molar-refractivity contribution in [1.82, 2.24) is 15.1 Å². The molecule has 0 bridgehead atoms. The average Bonchev–Trinajstić information content (AvgIpc) is 2.78. The normalized spacial score (nSPS) is 12.0. The fourth-order valence-electron chi connectivity index (χ4n) is 2.04. The monoisotopic (exact) mass is 385 g/mol. The van der Waals surface area contributed by atoms with Gasteiger partial charge in [0.05, 0.1) is 17.3 Å². The van der Waals surface area contributed by atoms with Crippen LogP contribution in [0.1, 0.15) is 24.2 Å². The standard InChI is InChI=1S/C15H17BrClN3O2/c1-9(12-7-18-20(3)10(12)2)19-15(21)8-22-14-5-4-11(16)6-13(14)17/h4-7,9H,8H2,1-3H3,(H,19,21). The highest BCUT2D eigenvalue weighted by molar-refractivity contribution is 9.10. The smallest absolute Gasteiger partial charge is 0.258 e. The van der Waals surface area contributed by atoms with Crippen molar-refractivity contribution in [2.45, 2.75) is 19.9 Å². The Kier molecular flexibility index (Phi) is 5.47. The van der Waals surface area contributed by atoms with Gasteiger partial charge in [0.15, 0.2) is 6.61 Å². The molecule has 1 N–H and O–H groups in total. The molecule has 7 heteroatoms. The van der Waals surface area contributed by atoms with Gasteiger partial charge in [-0.3, -0.25) is 9.48 Å². The second-order valence-electron chi connectivity index (χ2n) is 4.96. The summed E-state index contributed by atoms with van der Waals surface area (Å²) in [4.78, 5) is 12.0. The van der Waals surface area contributed by atoms with Gasteiger partial charge in [0.25, 0.3) is 5.91 Å². The van der Waals surface area contributed by atoms with E-state index < -0.39 is 0 Å². The van der Waals surface area contributed by atoms with Crippen LogP contribution >= 0.6 is 27.5 Å². The molecular formula is C15H17BrClN3O2. The number of nitrogens with zero attached hydrogens (tertiary/aromatic N) is 2. The maximum atomic E-state index is 12.0. The molecule has 22 heavy (non-hydrogen) atoms. The highest BCUT2D eigenvalue weighted by atomic mass is 79.9. The number of nitrogens with one attached hydrogen (secondary N) is 1. The molecule has 0 aliphatic rings. The number of rotatable bonds is 5. The molecule has 1 aromatic carbocycles. The van der Waals surface area contributed by atoms with E-state index in [2.05, 4.69) is 26.3 Å². The van der Waals surface area contributed by atoms with Crippen LogP contribution in [0.5, 0.6) is 5.75 Å². The van der Waals surface area contributed by atoms with Crippen molar-refractivity contribution in [2.24, 2.45) is 7.05 Å². The maximum Gasteiger partial charge on any atom is 0.258 e. The molecule has 0 aliphatic heterocycles. The first-order valence-corrected chi connectivity index (χ1v) is 7.91. The zero-order chi connectivity index (χ0) is 16.3. The third-order valence-electron chi connectivity index (χ3n) is 3.37. The SMILES string of the molecule is Cc1c(C(C)NC(=O)COc2ccc(Br)cc2Cl)cnn1C. The summed E-state index contributed by atoms with van der Waals surface area (Å²) < 4.78 is 8.07. The molecule has 0 aliphatic carbocycles. The third kappa shape index (κ3) is 4.01. The molecule has 5 nitrogen and oxygen atoms in total. The van der Waals surface area contributed by atoms with E-state index >= 15 is 0 Å². The van der Waals surface area contributed by atoms with Gasteiger partial charge in [-0.25, -0.2) is 0 Å². The molecule has 0 radical (unpaired) electrons. The summed E-state index contributed by atoms with van der Waals surface area (Å²) in [5, 5.41) is 7.51. The molecule has 1 heterocycles. The van der Waals surface area contributed by atoms with Crippen molar-refractivity contribution < 1.29 is 9.53 Å². The summed E-state index contributed by atoms with van der Waals surface area (Å²) in [6.07, 6.45) is 1.76. The lowest BCUT2D eigenvalue weighted by atomic mass is 10.1. The summed E-state index contributed by atoms with van der Waals surface area (Å²) in [7, 11) is 1.87. The van der Waals surface area contributed by atoms with Crippen molar-refractivity contribution in [2.75, 3.05) is 6.61 Å². The maximum absolute atomic E-state index is 12.0. The first-order valence-electron chi connectivity index (χ1n) is 6.74. The number of hydrogen-bond donors (Lipinski definition) is 1. The Morgan fingerprint density at radius 2 is 2.27 bits per heavy atom. The molecule has 1 atom stereocenters. The Hall–Kier alpha value is -1.53. The summed E-state index contributed by atoms with van der Waals surface area (Å²) in [6.45, 7) is 3.78. The molecule has 118 valence electrons. The van der Waals surface area contributed by atoms with Crippen LogP contribution in [0.2, 0.25) is 5.02 Å². The molecule has 2 aromatic rings. The number of halogens is 2. The lowest BCUT2D eigenvalue weighted by molar-refractivity contribution is -0.123. The number of aromatic nitrogens is 2. The Balaban J connectivity index is 1.91. The molecule has 1 amide bonds. The Labute approximate surface area is 142 Å². The quantitative estimate of drug-likeness (QED) is 0.857. The number of ether oxygens (including phenoxy) is 1. The van der Waals surface area contributed by atoms with Crippen LogP contribution in [-0.2, 0) is 11.8 Å².